The van der Waals surface area contributed by atoms with Crippen molar-refractivity contribution in [2.45, 2.75) is 56.7 Å². The lowest BCUT2D eigenvalue weighted by molar-refractivity contribution is -0.153. The highest BCUT2D eigenvalue weighted by Gasteiger charge is 2.52. The van der Waals surface area contributed by atoms with Crippen molar-refractivity contribution in [3.63, 3.8) is 0 Å². The third-order valence-electron chi connectivity index (χ3n) is 4.21. The third-order valence-corrected chi connectivity index (χ3v) is 6.85. The summed E-state index contributed by atoms with van der Waals surface area (Å²) >= 11 is -6.99. The summed E-state index contributed by atoms with van der Waals surface area (Å²) in [7, 11) is 0. The van der Waals surface area contributed by atoms with Crippen LogP contribution in [0, 0.1) is 0 Å². The Labute approximate surface area is 191 Å². The minimum atomic E-state index is -3.52. The number of carbonyl (C=O) groups excluding carboxylic acids is 6. The molecule has 2 heterocycles. The Morgan fingerprint density at radius 3 is 1.84 bits per heavy atom. The van der Waals surface area contributed by atoms with E-state index in [0.29, 0.717) is 0 Å². The minimum Gasteiger partial charge on any atom is -0.551 e. The minimum absolute atomic E-state index is 0.0230. The van der Waals surface area contributed by atoms with Gasteiger partial charge in [-0.3, -0.25) is 28.8 Å². The monoisotopic (exact) mass is 489 g/mol. The molecule has 0 aromatic carbocycles. The van der Waals surface area contributed by atoms with Crippen LogP contribution >= 0.6 is 0 Å². The van der Waals surface area contributed by atoms with Gasteiger partial charge in [0.25, 0.3) is 35.8 Å². The van der Waals surface area contributed by atoms with Crippen LogP contribution in [-0.2, 0) is 51.5 Å². The molecule has 2 aliphatic heterocycles. The van der Waals surface area contributed by atoms with Gasteiger partial charge in [-0.2, -0.15) is 0 Å². The molecule has 3 atom stereocenters. The van der Waals surface area contributed by atoms with Gasteiger partial charge in [0.05, 0.1) is 0 Å². The molecule has 15 nitrogen and oxygen atoms in total. The second-order valence-corrected chi connectivity index (χ2v) is 9.36. The molecule has 0 aliphatic carbocycles. The van der Waals surface area contributed by atoms with Crippen LogP contribution in [0.25, 0.3) is 0 Å². The van der Waals surface area contributed by atoms with E-state index in [4.69, 9.17) is 39.9 Å². The van der Waals surface area contributed by atoms with E-state index in [9.17, 15) is 28.8 Å². The molecule has 0 radical (unpaired) electrons. The molecule has 0 amide bonds. The van der Waals surface area contributed by atoms with Crippen LogP contribution in [0.2, 0.25) is 0 Å². The van der Waals surface area contributed by atoms with Crippen molar-refractivity contribution in [3.8, 4) is 0 Å². The molecule has 2 fully saturated rings. The maximum Gasteiger partial charge on any atom is 1.20 e. The fourth-order valence-electron chi connectivity index (χ4n) is 2.36. The summed E-state index contributed by atoms with van der Waals surface area (Å²) in [4.78, 5) is 70.6. The number of rotatable bonds is 6. The van der Waals surface area contributed by atoms with Crippen molar-refractivity contribution in [1.82, 2.24) is 0 Å². The van der Waals surface area contributed by atoms with Crippen molar-refractivity contribution in [2.75, 3.05) is 0 Å². The van der Waals surface area contributed by atoms with Gasteiger partial charge in [0, 0.05) is 19.3 Å². The van der Waals surface area contributed by atoms with E-state index in [2.05, 4.69) is 0 Å². The summed E-state index contributed by atoms with van der Waals surface area (Å²) in [5.41, 5.74) is 16.7. The summed E-state index contributed by atoms with van der Waals surface area (Å²) in [5.74, 6) is -5.27. The predicted molar refractivity (Wildman–Crippen MR) is 99.7 cm³/mol. The standard InChI is InChI=1S/3C5H9NO4.2Al/c3*6-3(5(9)10)1-2-4(7)8;;/h3*3H,1-2,6H2,(H,7,8)(H,9,10);;/q;;;2*+3/p-6/t3*3-;;/m100../s1. The molecule has 0 bridgehead atoms. The summed E-state index contributed by atoms with van der Waals surface area (Å²) in [6.45, 7) is 0. The van der Waals surface area contributed by atoms with Crippen molar-refractivity contribution in [1.29, 1.82) is 0 Å². The molecule has 0 unspecified atom stereocenters. The van der Waals surface area contributed by atoms with E-state index in [1.54, 1.807) is 0 Å². The first-order valence-electron chi connectivity index (χ1n) is 9.52. The first kappa shape index (κ1) is 26.0. The Hall–Kier alpha value is -2.24. The van der Waals surface area contributed by atoms with E-state index in [1.165, 1.54) is 0 Å². The highest BCUT2D eigenvalue weighted by atomic mass is 27.3. The first-order chi connectivity index (χ1) is 15.0. The van der Waals surface area contributed by atoms with Gasteiger partial charge in [0.15, 0.2) is 0 Å². The molecule has 2 rings (SSSR count). The summed E-state index contributed by atoms with van der Waals surface area (Å²) in [5, 5.41) is 0. The van der Waals surface area contributed by atoms with Crippen molar-refractivity contribution in [3.05, 3.63) is 0 Å². The number of hydrogen-bond acceptors (Lipinski definition) is 15. The van der Waals surface area contributed by atoms with E-state index < -0.39 is 90.7 Å². The van der Waals surface area contributed by atoms with Gasteiger partial charge in [-0.15, -0.1) is 0 Å². The number of hydrogen-bond donors (Lipinski definition) is 3. The van der Waals surface area contributed by atoms with E-state index in [0.717, 1.165) is 0 Å². The van der Waals surface area contributed by atoms with Gasteiger partial charge in [-0.25, -0.2) is 0 Å². The van der Waals surface area contributed by atoms with Crippen molar-refractivity contribution in [2.24, 2.45) is 17.2 Å². The average Bonchev–Trinajstić information content (AvgIpc) is 2.72. The summed E-state index contributed by atoms with van der Waals surface area (Å²) in [6.07, 6.45) is -0.959. The van der Waals surface area contributed by atoms with Crippen LogP contribution < -0.4 is 17.2 Å². The van der Waals surface area contributed by atoms with Crippen LogP contribution in [0.4, 0.5) is 0 Å². The maximum atomic E-state index is 12.1. The van der Waals surface area contributed by atoms with Crippen LogP contribution in [0.3, 0.4) is 0 Å². The Bertz CT molecular complexity index is 781. The zero-order valence-corrected chi connectivity index (χ0v) is 19.1. The Morgan fingerprint density at radius 2 is 1.34 bits per heavy atom. The van der Waals surface area contributed by atoms with Crippen LogP contribution in [0.5, 0.6) is 0 Å². The molecule has 0 aromatic heterocycles. The molecule has 0 saturated carbocycles. The molecule has 2 aliphatic rings. The average molecular weight is 489 g/mol. The maximum absolute atomic E-state index is 12.1. The van der Waals surface area contributed by atoms with Gasteiger partial charge in [-0.05, 0) is 19.3 Å². The molecule has 17 heteroatoms. The quantitative estimate of drug-likeness (QED) is 0.308. The largest absolute Gasteiger partial charge is 1.20 e. The Kier molecular flexibility index (Phi) is 9.86. The van der Waals surface area contributed by atoms with Crippen LogP contribution in [-0.4, -0.2) is 84.2 Å². The highest BCUT2D eigenvalue weighted by Crippen LogP contribution is 2.11. The van der Waals surface area contributed by atoms with Crippen molar-refractivity contribution < 1.29 is 51.5 Å². The lowest BCUT2D eigenvalue weighted by Gasteiger charge is -2.21. The van der Waals surface area contributed by atoms with E-state index in [1.807, 2.05) is 0 Å². The number of carbonyl (C=O) groups is 6. The van der Waals surface area contributed by atoms with E-state index in [-0.39, 0.29) is 32.1 Å². The van der Waals surface area contributed by atoms with Crippen molar-refractivity contribution >= 4 is 66.1 Å². The molecule has 174 valence electrons. The lowest BCUT2D eigenvalue weighted by Crippen LogP contribution is -2.46. The normalized spacial score (nSPS) is 23.2. The second-order valence-electron chi connectivity index (χ2n) is 6.79. The smallest absolute Gasteiger partial charge is 0.551 e. The molecular formula is C15H21Al2N3O12. The molecule has 0 aromatic rings. The van der Waals surface area contributed by atoms with E-state index >= 15 is 0 Å². The summed E-state index contributed by atoms with van der Waals surface area (Å²) in [6, 6.07) is -3.48. The van der Waals surface area contributed by atoms with Gasteiger partial charge in [0.2, 0.25) is 0 Å². The topological polar surface area (TPSA) is 236 Å². The SMILES string of the molecule is N[C@@H]1CCC(=O)[O][Al]([O]C(=O)[C@@H](N)CCC(=O)[O][Al]2[O]C(=O)CC[C@H](N)C(=O)[O]2)[O]C1=O. The van der Waals surface area contributed by atoms with Gasteiger partial charge >= 0.3 is 30.3 Å². The zero-order valence-electron chi connectivity index (χ0n) is 16.8. The molecule has 32 heavy (non-hydrogen) atoms. The molecule has 0 spiro atoms. The predicted octanol–water partition coefficient (Wildman–Crippen LogP) is -3.43. The van der Waals surface area contributed by atoms with Crippen LogP contribution in [0.1, 0.15) is 38.5 Å². The van der Waals surface area contributed by atoms with Gasteiger partial charge in [0.1, 0.15) is 18.1 Å². The third kappa shape index (κ3) is 8.36. The Morgan fingerprint density at radius 1 is 0.875 bits per heavy atom. The molecular weight excluding hydrogens is 468 g/mol. The highest BCUT2D eigenvalue weighted by molar-refractivity contribution is 6.45. The number of nitrogens with two attached hydrogens (primary N) is 3. The van der Waals surface area contributed by atoms with Gasteiger partial charge in [-0.1, -0.05) is 0 Å². The van der Waals surface area contributed by atoms with Crippen LogP contribution in [0.15, 0.2) is 0 Å². The molecule has 2 saturated heterocycles. The lowest BCUT2D eigenvalue weighted by atomic mass is 10.2. The fourth-order valence-corrected chi connectivity index (χ4v) is 4.74. The summed E-state index contributed by atoms with van der Waals surface area (Å²) < 4.78 is 29.0. The molecule has 6 N–H and O–H groups in total. The van der Waals surface area contributed by atoms with Gasteiger partial charge < -0.3 is 39.9 Å². The zero-order chi connectivity index (χ0) is 23.8. The first-order valence-corrected chi connectivity index (χ1v) is 12.3. The Balaban J connectivity index is 1.81. The fraction of sp³-hybridized carbons (Fsp3) is 0.600. The second kappa shape index (κ2) is 12.1.